The van der Waals surface area contributed by atoms with Gasteiger partial charge in [-0.2, -0.15) is 0 Å². The molecule has 2 amide bonds. The van der Waals surface area contributed by atoms with Crippen LogP contribution in [-0.4, -0.2) is 44.5 Å². The topological polar surface area (TPSA) is 160 Å². The molecule has 0 spiro atoms. The van der Waals surface area contributed by atoms with E-state index in [-0.39, 0.29) is 31.3 Å². The third kappa shape index (κ3) is 9.98. The van der Waals surface area contributed by atoms with E-state index >= 15 is 0 Å². The second-order valence-electron chi connectivity index (χ2n) is 14.3. The summed E-state index contributed by atoms with van der Waals surface area (Å²) in [6.45, 7) is 1.08. The average Bonchev–Trinajstić information content (AvgIpc) is 4.10. The third-order valence-corrected chi connectivity index (χ3v) is 13.1. The predicted octanol–water partition coefficient (Wildman–Crippen LogP) is 12.5. The molecule has 1 aliphatic heterocycles. The first kappa shape index (κ1) is 46.0. The number of amides is 2. The molecule has 0 atom stereocenters. The number of benzene rings is 6. The molecule has 16 heteroatoms. The summed E-state index contributed by atoms with van der Waals surface area (Å²) in [7, 11) is 0. The van der Waals surface area contributed by atoms with Crippen molar-refractivity contribution >= 4 is 127 Å². The Morgan fingerprint density at radius 1 is 0.591 bits per heavy atom. The summed E-state index contributed by atoms with van der Waals surface area (Å²) in [5, 5.41) is 15.0. The number of carboxylic acids is 1. The Labute approximate surface area is 415 Å². The van der Waals surface area contributed by atoms with Crippen LogP contribution < -0.4 is 15.6 Å². The van der Waals surface area contributed by atoms with Crippen molar-refractivity contribution < 1.29 is 39.0 Å². The van der Waals surface area contributed by atoms with Crippen molar-refractivity contribution in [2.24, 2.45) is 9.98 Å². The zero-order valence-corrected chi connectivity index (χ0v) is 42.5. The minimum Gasteiger partial charge on any atom is -0.481 e. The first-order chi connectivity index (χ1) is 31.6. The van der Waals surface area contributed by atoms with Gasteiger partial charge in [0.1, 0.15) is 15.9 Å². The Balaban J connectivity index is 0.00000114. The van der Waals surface area contributed by atoms with E-state index in [1.165, 1.54) is 22.7 Å². The molecule has 11 nitrogen and oxygen atoms in total. The van der Waals surface area contributed by atoms with Crippen LogP contribution in [0.3, 0.4) is 0 Å². The molecular formula is C50H32Br2N7O4S2Zn-. The molecule has 0 radical (unpaired) electrons. The van der Waals surface area contributed by atoms with Gasteiger partial charge in [0.15, 0.2) is 0 Å². The molecule has 0 saturated carbocycles. The summed E-state index contributed by atoms with van der Waals surface area (Å²) in [5.74, 6) is -0.303. The van der Waals surface area contributed by atoms with Crippen LogP contribution in [-0.2, 0) is 24.3 Å². The van der Waals surface area contributed by atoms with Crippen LogP contribution in [0.2, 0.25) is 0 Å². The number of thiazole rings is 2. The Kier molecular flexibility index (Phi) is 14.2. The van der Waals surface area contributed by atoms with Gasteiger partial charge in [0.05, 0.1) is 31.8 Å². The summed E-state index contributed by atoms with van der Waals surface area (Å²) >= 11 is 9.96. The number of fused-ring (bicyclic) bond motifs is 2. The van der Waals surface area contributed by atoms with Gasteiger partial charge in [-0.1, -0.05) is 117 Å². The average molecular weight is 1080 g/mol. The zero-order valence-electron chi connectivity index (χ0n) is 34.7. The van der Waals surface area contributed by atoms with Crippen molar-refractivity contribution in [3.8, 4) is 21.7 Å². The molecule has 3 aromatic heterocycles. The number of para-hydroxylation sites is 2. The van der Waals surface area contributed by atoms with Crippen molar-refractivity contribution in [1.29, 1.82) is 0 Å². The number of nitrogens with zero attached hydrogens (tertiary/aromatic N) is 5. The summed E-state index contributed by atoms with van der Waals surface area (Å²) in [5.41, 5.74) is 6.76. The van der Waals surface area contributed by atoms with E-state index < -0.39 is 5.97 Å². The second-order valence-corrected chi connectivity index (χ2v) is 18.2. The molecule has 320 valence electrons. The number of halogens is 2. The second kappa shape index (κ2) is 20.3. The molecule has 4 heterocycles. The largest absolute Gasteiger partial charge is 0.481 e. The Morgan fingerprint density at radius 2 is 1.06 bits per heavy atom. The fourth-order valence-electron chi connectivity index (χ4n) is 7.03. The van der Waals surface area contributed by atoms with Crippen LogP contribution in [0.25, 0.3) is 53.3 Å². The summed E-state index contributed by atoms with van der Waals surface area (Å²) in [4.78, 5) is 62.6. The maximum atomic E-state index is 14.0. The van der Waals surface area contributed by atoms with E-state index in [2.05, 4.69) is 42.5 Å². The van der Waals surface area contributed by atoms with E-state index in [1.807, 2.05) is 133 Å². The van der Waals surface area contributed by atoms with E-state index in [1.54, 1.807) is 24.3 Å². The van der Waals surface area contributed by atoms with E-state index in [0.717, 1.165) is 47.4 Å². The standard InChI is InChI=1S/C48H29Br2N7O2S2.C2H4O2.Zn/c49-31-23-19-29(20-24-31)45(58)56-43-39(47-51-33-15-7-9-17-35(33)60-47)37(27-11-3-1-4-12-27)41(54-43)53-42-38(28-13-5-2-6-14-28)40(48-52-34-16-8-10-18-36(34)61-48)44(55-42)57-46(59)30-21-25-32(50)26-22-30;1-2(3)4;/h1-26H,(H3,51,52,53,54,55,56,57,58,59);1H3,(H,3,4);/p-1. The maximum Gasteiger partial charge on any atom is 0.300 e. The molecule has 10 rings (SSSR count). The molecule has 0 unspecified atom stereocenters. The van der Waals surface area contributed by atoms with Gasteiger partial charge in [-0.15, -0.1) is 22.7 Å². The van der Waals surface area contributed by atoms with E-state index in [0.29, 0.717) is 66.7 Å². The van der Waals surface area contributed by atoms with Gasteiger partial charge in [0, 0.05) is 74.8 Å². The number of aliphatic imine (C=N–C) groups is 2. The van der Waals surface area contributed by atoms with Crippen LogP contribution in [0, 0.1) is 0 Å². The normalized spacial score (nSPS) is 12.7. The number of aliphatic carboxylic acids is 1. The van der Waals surface area contributed by atoms with Crippen molar-refractivity contribution in [3.05, 3.63) is 188 Å². The van der Waals surface area contributed by atoms with Gasteiger partial charge >= 0.3 is 0 Å². The van der Waals surface area contributed by atoms with Crippen molar-refractivity contribution in [2.75, 3.05) is 5.32 Å². The number of amidine groups is 2. The molecule has 0 fully saturated rings. The first-order valence-electron chi connectivity index (χ1n) is 19.9. The van der Waals surface area contributed by atoms with Crippen LogP contribution >= 0.6 is 54.5 Å². The number of hydrogen-bond acceptors (Lipinski definition) is 8. The number of carbonyl (C=O) groups is 3. The fourth-order valence-corrected chi connectivity index (χ4v) is 9.60. The fraction of sp³-hybridized carbons (Fsp3) is 0.0200. The molecular weight excluding hydrogens is 1050 g/mol. The predicted molar refractivity (Wildman–Crippen MR) is 268 cm³/mol. The minimum atomic E-state index is -0.833. The van der Waals surface area contributed by atoms with E-state index in [9.17, 15) is 9.59 Å². The van der Waals surface area contributed by atoms with Crippen molar-refractivity contribution in [3.63, 3.8) is 0 Å². The molecule has 9 aromatic rings. The molecule has 0 saturated heterocycles. The number of rotatable bonds is 8. The quantitative estimate of drug-likeness (QED) is 0.128. The number of carboxylic acid groups (broad SMARTS) is 1. The van der Waals surface area contributed by atoms with Gasteiger partial charge < -0.3 is 25.7 Å². The van der Waals surface area contributed by atoms with Gasteiger partial charge in [-0.3, -0.25) is 14.4 Å². The van der Waals surface area contributed by atoms with Crippen LogP contribution in [0.15, 0.2) is 177 Å². The Hall–Kier alpha value is -6.55. The SMILES string of the molecule is CC(=O)O.O=C(NC1=NC(=Nc2[n-]c(NC(=O)c3ccc(Br)cc3)c(-c3nc4ccccc4s3)c2-c2ccccc2)C(c2ccccc2)=C1c1nc2ccccc2s1)c1ccc(Br)cc1.[Zn]. The van der Waals surface area contributed by atoms with Crippen molar-refractivity contribution in [2.45, 2.75) is 6.92 Å². The minimum absolute atomic E-state index is 0. The molecule has 0 bridgehead atoms. The number of aromatic nitrogens is 3. The molecule has 3 N–H and O–H groups in total. The Morgan fingerprint density at radius 3 is 1.61 bits per heavy atom. The van der Waals surface area contributed by atoms with Gasteiger partial charge in [0.25, 0.3) is 11.9 Å². The molecule has 6 aromatic carbocycles. The summed E-state index contributed by atoms with van der Waals surface area (Å²) in [6.07, 6.45) is 0. The van der Waals surface area contributed by atoms with Gasteiger partial charge in [0.2, 0.25) is 5.91 Å². The number of hydrogen-bond donors (Lipinski definition) is 3. The van der Waals surface area contributed by atoms with Crippen molar-refractivity contribution in [1.82, 2.24) is 20.3 Å². The number of carbonyl (C=O) groups excluding carboxylic acids is 2. The molecule has 1 aliphatic rings. The first-order valence-corrected chi connectivity index (χ1v) is 23.1. The third-order valence-electron chi connectivity index (χ3n) is 9.89. The van der Waals surface area contributed by atoms with Crippen LogP contribution in [0.1, 0.15) is 38.2 Å². The molecule has 0 aliphatic carbocycles. The summed E-state index contributed by atoms with van der Waals surface area (Å²) < 4.78 is 3.67. The zero-order chi connectivity index (χ0) is 45.0. The number of nitrogens with one attached hydrogen (secondary N) is 2. The van der Waals surface area contributed by atoms with Gasteiger partial charge in [-0.05, 0) is 83.9 Å². The number of anilines is 1. The monoisotopic (exact) mass is 1080 g/mol. The molecule has 66 heavy (non-hydrogen) atoms. The maximum absolute atomic E-state index is 14.0. The Bertz CT molecular complexity index is 3300. The summed E-state index contributed by atoms with van der Waals surface area (Å²) in [6, 6.07) is 49.7. The van der Waals surface area contributed by atoms with Gasteiger partial charge in [-0.25, -0.2) is 15.0 Å². The van der Waals surface area contributed by atoms with Crippen LogP contribution in [0.4, 0.5) is 11.6 Å². The van der Waals surface area contributed by atoms with Crippen LogP contribution in [0.5, 0.6) is 0 Å². The smallest absolute Gasteiger partial charge is 0.300 e. The van der Waals surface area contributed by atoms with E-state index in [4.69, 9.17) is 34.8 Å².